The largest absolute Gasteiger partial charge is 0.363 e. The van der Waals surface area contributed by atoms with E-state index in [0.717, 1.165) is 31.7 Å². The van der Waals surface area contributed by atoms with E-state index < -0.39 is 16.4 Å². The van der Waals surface area contributed by atoms with Crippen molar-refractivity contribution in [3.05, 3.63) is 34.1 Å². The molecule has 1 aromatic rings. The van der Waals surface area contributed by atoms with Gasteiger partial charge in [-0.15, -0.1) is 0 Å². The Morgan fingerprint density at radius 2 is 2.11 bits per heavy atom. The lowest BCUT2D eigenvalue weighted by Crippen LogP contribution is -2.33. The number of nitro groups is 1. The number of nitro benzene ring substituents is 1. The molecule has 18 heavy (non-hydrogen) atoms. The molecule has 98 valence electrons. The SMILES string of the molecule is CCN(c1cccc(F)c1[N+](=O)[O-])C1CCCC1. The molecule has 0 unspecified atom stereocenters. The van der Waals surface area contributed by atoms with Crippen molar-refractivity contribution in [1.29, 1.82) is 0 Å². The Kier molecular flexibility index (Phi) is 3.79. The zero-order valence-electron chi connectivity index (χ0n) is 10.4. The molecule has 0 aromatic heterocycles. The second kappa shape index (κ2) is 5.33. The van der Waals surface area contributed by atoms with Gasteiger partial charge in [-0.25, -0.2) is 0 Å². The number of hydrogen-bond acceptors (Lipinski definition) is 3. The molecular formula is C13H17FN2O2. The Labute approximate surface area is 106 Å². The summed E-state index contributed by atoms with van der Waals surface area (Å²) in [5.74, 6) is -0.756. The van der Waals surface area contributed by atoms with Gasteiger partial charge in [0.1, 0.15) is 5.69 Å². The first-order valence-corrected chi connectivity index (χ1v) is 6.34. The third kappa shape index (κ3) is 2.30. The molecule has 0 amide bonds. The minimum absolute atomic E-state index is 0.301. The number of nitrogens with zero attached hydrogens (tertiary/aromatic N) is 2. The first-order chi connectivity index (χ1) is 8.65. The highest BCUT2D eigenvalue weighted by atomic mass is 19.1. The molecule has 0 atom stereocenters. The summed E-state index contributed by atoms with van der Waals surface area (Å²) in [6.45, 7) is 2.61. The van der Waals surface area contributed by atoms with E-state index in [4.69, 9.17) is 0 Å². The van der Waals surface area contributed by atoms with E-state index in [1.165, 1.54) is 6.07 Å². The van der Waals surface area contributed by atoms with E-state index >= 15 is 0 Å². The lowest BCUT2D eigenvalue weighted by Gasteiger charge is -2.29. The predicted molar refractivity (Wildman–Crippen MR) is 68.3 cm³/mol. The Morgan fingerprint density at radius 3 is 2.67 bits per heavy atom. The third-order valence-corrected chi connectivity index (χ3v) is 3.56. The average Bonchev–Trinajstić information content (AvgIpc) is 2.83. The molecule has 0 N–H and O–H groups in total. The lowest BCUT2D eigenvalue weighted by molar-refractivity contribution is -0.386. The molecule has 0 aliphatic heterocycles. The van der Waals surface area contributed by atoms with Gasteiger partial charge in [0.25, 0.3) is 0 Å². The highest BCUT2D eigenvalue weighted by Crippen LogP contribution is 2.35. The topological polar surface area (TPSA) is 46.4 Å². The smallest absolute Gasteiger partial charge is 0.327 e. The van der Waals surface area contributed by atoms with Gasteiger partial charge in [-0.3, -0.25) is 10.1 Å². The van der Waals surface area contributed by atoms with Crippen molar-refractivity contribution in [1.82, 2.24) is 0 Å². The maximum atomic E-state index is 13.6. The van der Waals surface area contributed by atoms with Gasteiger partial charge in [0.2, 0.25) is 5.82 Å². The van der Waals surface area contributed by atoms with Gasteiger partial charge in [-0.1, -0.05) is 18.9 Å². The second-order valence-corrected chi connectivity index (χ2v) is 4.59. The molecule has 1 aliphatic rings. The highest BCUT2D eigenvalue weighted by molar-refractivity contribution is 5.64. The summed E-state index contributed by atoms with van der Waals surface area (Å²) in [6.07, 6.45) is 4.34. The molecule has 0 saturated heterocycles. The number of halogens is 1. The van der Waals surface area contributed by atoms with E-state index in [9.17, 15) is 14.5 Å². The van der Waals surface area contributed by atoms with Crippen molar-refractivity contribution >= 4 is 11.4 Å². The van der Waals surface area contributed by atoms with Crippen molar-refractivity contribution < 1.29 is 9.31 Å². The molecule has 4 nitrogen and oxygen atoms in total. The van der Waals surface area contributed by atoms with Crippen LogP contribution in [-0.2, 0) is 0 Å². The number of rotatable bonds is 4. The number of hydrogen-bond donors (Lipinski definition) is 0. The quantitative estimate of drug-likeness (QED) is 0.608. The lowest BCUT2D eigenvalue weighted by atomic mass is 10.1. The fourth-order valence-corrected chi connectivity index (χ4v) is 2.76. The van der Waals surface area contributed by atoms with Crippen molar-refractivity contribution in [2.75, 3.05) is 11.4 Å². The second-order valence-electron chi connectivity index (χ2n) is 4.59. The molecule has 1 aliphatic carbocycles. The van der Waals surface area contributed by atoms with Crippen molar-refractivity contribution in [2.24, 2.45) is 0 Å². The van der Waals surface area contributed by atoms with Gasteiger partial charge < -0.3 is 4.90 Å². The van der Waals surface area contributed by atoms with E-state index in [1.54, 1.807) is 6.07 Å². The van der Waals surface area contributed by atoms with Crippen LogP contribution in [0.25, 0.3) is 0 Å². The van der Waals surface area contributed by atoms with Crippen molar-refractivity contribution in [3.63, 3.8) is 0 Å². The van der Waals surface area contributed by atoms with Crippen LogP contribution >= 0.6 is 0 Å². The number of anilines is 1. The summed E-state index contributed by atoms with van der Waals surface area (Å²) in [5.41, 5.74) is 0.0145. The molecule has 1 saturated carbocycles. The fourth-order valence-electron chi connectivity index (χ4n) is 2.76. The minimum Gasteiger partial charge on any atom is -0.363 e. The third-order valence-electron chi connectivity index (χ3n) is 3.56. The van der Waals surface area contributed by atoms with E-state index in [-0.39, 0.29) is 0 Å². The number of benzene rings is 1. The molecule has 0 spiro atoms. The molecule has 1 fully saturated rings. The Bertz CT molecular complexity index is 445. The van der Waals surface area contributed by atoms with Crippen LogP contribution in [0.15, 0.2) is 18.2 Å². The average molecular weight is 252 g/mol. The summed E-state index contributed by atoms with van der Waals surface area (Å²) in [4.78, 5) is 12.4. The minimum atomic E-state index is -0.756. The Balaban J connectivity index is 2.41. The maximum Gasteiger partial charge on any atom is 0.327 e. The van der Waals surface area contributed by atoms with Crippen LogP contribution in [0.3, 0.4) is 0 Å². The van der Waals surface area contributed by atoms with Crippen molar-refractivity contribution in [2.45, 2.75) is 38.6 Å². The van der Waals surface area contributed by atoms with Gasteiger partial charge in [-0.05, 0) is 31.9 Å². The summed E-state index contributed by atoms with van der Waals surface area (Å²) < 4.78 is 13.6. The normalized spacial score (nSPS) is 15.9. The Hall–Kier alpha value is -1.65. The van der Waals surface area contributed by atoms with Crippen LogP contribution in [0, 0.1) is 15.9 Å². The zero-order valence-corrected chi connectivity index (χ0v) is 10.4. The Morgan fingerprint density at radius 1 is 1.44 bits per heavy atom. The molecule has 0 bridgehead atoms. The standard InChI is InChI=1S/C13H17FN2O2/c1-2-15(10-6-3-4-7-10)12-9-5-8-11(14)13(12)16(17)18/h5,8-10H,2-4,6-7H2,1H3. The van der Waals surface area contributed by atoms with Crippen LogP contribution in [0.2, 0.25) is 0 Å². The number of para-hydroxylation sites is 1. The molecular weight excluding hydrogens is 235 g/mol. The van der Waals surface area contributed by atoms with Crippen LogP contribution in [0.4, 0.5) is 15.8 Å². The molecule has 0 radical (unpaired) electrons. The molecule has 0 heterocycles. The molecule has 1 aromatic carbocycles. The van der Waals surface area contributed by atoms with E-state index in [2.05, 4.69) is 0 Å². The predicted octanol–water partition coefficient (Wildman–Crippen LogP) is 3.50. The maximum absolute atomic E-state index is 13.6. The van der Waals surface area contributed by atoms with Gasteiger partial charge >= 0.3 is 5.69 Å². The van der Waals surface area contributed by atoms with Gasteiger partial charge in [0.15, 0.2) is 0 Å². The summed E-state index contributed by atoms with van der Waals surface area (Å²) in [7, 11) is 0. The van der Waals surface area contributed by atoms with E-state index in [0.29, 0.717) is 18.3 Å². The summed E-state index contributed by atoms with van der Waals surface area (Å²) >= 11 is 0. The van der Waals surface area contributed by atoms with E-state index in [1.807, 2.05) is 11.8 Å². The first-order valence-electron chi connectivity index (χ1n) is 6.34. The van der Waals surface area contributed by atoms with Crippen LogP contribution in [0.5, 0.6) is 0 Å². The first kappa shape index (κ1) is 12.8. The highest BCUT2D eigenvalue weighted by Gasteiger charge is 2.29. The van der Waals surface area contributed by atoms with Crippen LogP contribution in [-0.4, -0.2) is 17.5 Å². The van der Waals surface area contributed by atoms with Crippen LogP contribution < -0.4 is 4.90 Å². The van der Waals surface area contributed by atoms with Gasteiger partial charge in [0, 0.05) is 12.6 Å². The summed E-state index contributed by atoms with van der Waals surface area (Å²) in [5, 5.41) is 11.0. The monoisotopic (exact) mass is 252 g/mol. The zero-order chi connectivity index (χ0) is 13.1. The van der Waals surface area contributed by atoms with Gasteiger partial charge in [-0.2, -0.15) is 4.39 Å². The molecule has 2 rings (SSSR count). The fraction of sp³-hybridized carbons (Fsp3) is 0.538. The van der Waals surface area contributed by atoms with Crippen molar-refractivity contribution in [3.8, 4) is 0 Å². The van der Waals surface area contributed by atoms with Gasteiger partial charge in [0.05, 0.1) is 4.92 Å². The summed E-state index contributed by atoms with van der Waals surface area (Å²) in [6, 6.07) is 4.62. The molecule has 5 heteroatoms. The van der Waals surface area contributed by atoms with Crippen LogP contribution in [0.1, 0.15) is 32.6 Å².